The van der Waals surface area contributed by atoms with Gasteiger partial charge in [0.25, 0.3) is 0 Å². The van der Waals surface area contributed by atoms with E-state index in [1.54, 1.807) is 73.3 Å². The molecule has 10 rings (SSSR count). The van der Waals surface area contributed by atoms with E-state index in [2.05, 4.69) is 57.8 Å². The van der Waals surface area contributed by atoms with Gasteiger partial charge >= 0.3 is 17.9 Å². The number of aliphatic hydroxyl groups excluding tert-OH is 2. The number of imidazole rings is 1. The largest absolute Gasteiger partial charge is 0.508 e. The number of nitrogens with one attached hydrogen (secondary N) is 10. The van der Waals surface area contributed by atoms with Gasteiger partial charge in [-0.25, -0.2) is 4.98 Å². The Morgan fingerprint density at radius 1 is 0.510 bits per heavy atom. The smallest absolute Gasteiger partial charge is 0.323 e. The molecule has 0 aliphatic carbocycles. The molecule has 4 aliphatic heterocycles. The van der Waals surface area contributed by atoms with Gasteiger partial charge in [-0.3, -0.25) is 91.6 Å². The van der Waals surface area contributed by atoms with Crippen molar-refractivity contribution in [3.05, 3.63) is 120 Å². The molecule has 4 saturated heterocycles. The number of rotatable bonds is 32. The first-order chi connectivity index (χ1) is 69.2. The number of nitrogens with two attached hydrogens (primary N) is 3. The number of unbranched alkanes of at least 4 members (excludes halogenated alkanes) is 4. The molecular formula is C98H138N22O24S. The number of aryl methyl sites for hydroxylation is 1. The first kappa shape index (κ1) is 113. The fourth-order valence-electron chi connectivity index (χ4n) is 19.1. The number of hydrogen-bond donors (Lipinski definition) is 19. The van der Waals surface area contributed by atoms with Crippen molar-refractivity contribution in [1.29, 1.82) is 0 Å². The highest BCUT2D eigenvalue weighted by atomic mass is 32.2. The SMILES string of the molecule is CCCC[C@H]1C(=O)N(C)[C@@H](CCCC)C(=O)N[C@@H](CC(=O)O)C(=O)N[C@H](C(O)NCC(N)=O)CSCC(=O)N[C@@H](Cc2ccc(O)cc2)C(=O)N2CCCC[C@H]2C(=O)N[C@@H](CC(=O)O)C(=O)N2CCC[C@H]2C(=O)N[C@@H](Cc2cncn2C)C(=O)N(C)[C@@H](CCCCN)C(=O)N2C[C@H](O)C[C@H]2C(=O)N[C@@H](Cc2c[nH]c3ccccc23)C(=O)N[C@@H](CCCCN)C(=O)N[C@@H](Cc2cn(CC(=O)O)c3ccccc23)C(=O)N1C. The second-order valence-electron chi connectivity index (χ2n) is 37.5. The molecular weight excluding hydrogens is 1900 g/mol. The molecule has 46 nitrogen and oxygen atoms in total. The summed E-state index contributed by atoms with van der Waals surface area (Å²) in [6, 6.07) is -3.26. The van der Waals surface area contributed by atoms with E-state index >= 15 is 57.5 Å². The zero-order valence-corrected chi connectivity index (χ0v) is 83.3. The molecule has 0 bridgehead atoms. The summed E-state index contributed by atoms with van der Waals surface area (Å²) in [5.74, 6) is -20.0. The first-order valence-corrected chi connectivity index (χ1v) is 50.4. The van der Waals surface area contributed by atoms with E-state index in [0.29, 0.717) is 76.3 Å². The average Bonchev–Trinajstić information content (AvgIpc) is 1.66. The molecule has 3 aromatic carbocycles. The number of phenols is 1. The number of carbonyl (C=O) groups excluding carboxylic acids is 15. The van der Waals surface area contributed by atoms with Crippen molar-refractivity contribution in [2.45, 2.75) is 271 Å². The number of fused-ring (bicyclic) bond motifs is 5. The Kier molecular flexibility index (Phi) is 42.5. The van der Waals surface area contributed by atoms with Crippen LogP contribution in [0.4, 0.5) is 0 Å². The summed E-state index contributed by atoms with van der Waals surface area (Å²) in [4.78, 5) is 280. The van der Waals surface area contributed by atoms with Crippen molar-refractivity contribution in [3.63, 3.8) is 0 Å². The summed E-state index contributed by atoms with van der Waals surface area (Å²) in [6.45, 7) is 1.80. The van der Waals surface area contributed by atoms with Crippen molar-refractivity contribution in [2.75, 3.05) is 71.9 Å². The number of carboxylic acids is 3. The van der Waals surface area contributed by atoms with Gasteiger partial charge in [0.05, 0.1) is 43.6 Å². The molecule has 3 aromatic heterocycles. The maximum absolute atomic E-state index is 16.1. The number of H-pyrrole nitrogens is 1. The molecule has 145 heavy (non-hydrogen) atoms. The highest BCUT2D eigenvalue weighted by Gasteiger charge is 2.49. The highest BCUT2D eigenvalue weighted by molar-refractivity contribution is 8.00. The number of nitrogens with zero attached hydrogens (tertiary/aromatic N) is 9. The lowest BCUT2D eigenvalue weighted by Gasteiger charge is -2.38. The van der Waals surface area contributed by atoms with Gasteiger partial charge in [-0.15, -0.1) is 11.8 Å². The molecule has 16 atom stereocenters. The summed E-state index contributed by atoms with van der Waals surface area (Å²) in [6.07, 6.45) is 1.28. The Labute approximate surface area is 842 Å². The number of aromatic nitrogens is 4. The minimum atomic E-state index is -2.01. The second-order valence-corrected chi connectivity index (χ2v) is 38.5. The number of hydrogen-bond acceptors (Lipinski definition) is 26. The predicted molar refractivity (Wildman–Crippen MR) is 529 cm³/mol. The van der Waals surface area contributed by atoms with Gasteiger partial charge in [0.1, 0.15) is 97.1 Å². The number of aromatic hydroxyl groups is 1. The molecule has 6 aromatic rings. The van der Waals surface area contributed by atoms with Gasteiger partial charge in [-0.2, -0.15) is 0 Å². The number of carbonyl (C=O) groups is 18. The lowest BCUT2D eigenvalue weighted by molar-refractivity contribution is -0.150. The van der Waals surface area contributed by atoms with Gasteiger partial charge < -0.3 is 134 Å². The quantitative estimate of drug-likeness (QED) is 0.0166. The van der Waals surface area contributed by atoms with Crippen molar-refractivity contribution < 1.29 is 117 Å². The van der Waals surface area contributed by atoms with Crippen LogP contribution in [0.25, 0.3) is 21.8 Å². The Balaban J connectivity index is 1.06. The molecule has 4 aliphatic rings. The van der Waals surface area contributed by atoms with E-state index in [1.807, 2.05) is 6.92 Å². The van der Waals surface area contributed by atoms with Crippen LogP contribution in [0.2, 0.25) is 0 Å². The fourth-order valence-corrected chi connectivity index (χ4v) is 20.0. The Morgan fingerprint density at radius 3 is 1.67 bits per heavy atom. The normalized spacial score (nSPS) is 24.7. The number of likely N-dealkylation sites (N-methyl/N-ethyl adjacent to an activating group) is 3. The van der Waals surface area contributed by atoms with E-state index in [1.165, 1.54) is 73.6 Å². The summed E-state index contributed by atoms with van der Waals surface area (Å²) in [7, 11) is 5.50. The molecule has 15 amide bonds. The number of amides is 15. The van der Waals surface area contributed by atoms with Gasteiger partial charge in [0, 0.05) is 132 Å². The van der Waals surface area contributed by atoms with Crippen LogP contribution >= 0.6 is 11.8 Å². The highest BCUT2D eigenvalue weighted by Crippen LogP contribution is 2.31. The summed E-state index contributed by atoms with van der Waals surface area (Å²) in [5.41, 5.74) is 20.2. The molecule has 47 heteroatoms. The molecule has 0 saturated carbocycles. The minimum Gasteiger partial charge on any atom is -0.508 e. The lowest BCUT2D eigenvalue weighted by Crippen LogP contribution is -2.61. The lowest BCUT2D eigenvalue weighted by atomic mass is 9.97. The predicted octanol–water partition coefficient (Wildman–Crippen LogP) is -1.66. The number of carboxylic acid groups (broad SMARTS) is 3. The van der Waals surface area contributed by atoms with Crippen LogP contribution in [0.15, 0.2) is 97.7 Å². The number of piperidine rings is 1. The van der Waals surface area contributed by atoms with Crippen LogP contribution < -0.4 is 65.1 Å². The van der Waals surface area contributed by atoms with Crippen LogP contribution in [0.5, 0.6) is 5.75 Å². The van der Waals surface area contributed by atoms with E-state index in [4.69, 9.17) is 17.2 Å². The number of para-hydroxylation sites is 2. The van der Waals surface area contributed by atoms with Crippen LogP contribution in [-0.4, -0.2) is 354 Å². The van der Waals surface area contributed by atoms with Gasteiger partial charge in [-0.05, 0) is 138 Å². The molecule has 0 radical (unpaired) electrons. The molecule has 1 unspecified atom stereocenters. The summed E-state index contributed by atoms with van der Waals surface area (Å²) in [5, 5.41) is 89.9. The maximum atomic E-state index is 16.1. The maximum Gasteiger partial charge on any atom is 0.323 e. The molecule has 0 spiro atoms. The monoisotopic (exact) mass is 2040 g/mol. The van der Waals surface area contributed by atoms with E-state index < -0.39 is 260 Å². The third-order valence-electron chi connectivity index (χ3n) is 26.9. The van der Waals surface area contributed by atoms with Crippen molar-refractivity contribution in [1.82, 2.24) is 96.4 Å². The zero-order valence-electron chi connectivity index (χ0n) is 82.5. The third-order valence-corrected chi connectivity index (χ3v) is 28.0. The number of aromatic amines is 1. The zero-order chi connectivity index (χ0) is 106. The van der Waals surface area contributed by atoms with Crippen LogP contribution in [0, 0.1) is 0 Å². The Bertz CT molecular complexity index is 5580. The van der Waals surface area contributed by atoms with E-state index in [0.717, 1.165) is 36.3 Å². The van der Waals surface area contributed by atoms with Crippen LogP contribution in [0.3, 0.4) is 0 Å². The van der Waals surface area contributed by atoms with E-state index in [-0.39, 0.29) is 128 Å². The number of thioether (sulfide) groups is 1. The van der Waals surface area contributed by atoms with E-state index in [9.17, 15) is 59.4 Å². The first-order valence-electron chi connectivity index (χ1n) is 49.2. The standard InChI is InChI=1S/C98H138N22O24S/c1-7-9-26-74-89(135)108-67(45-82(125)126)88(134)112-72(85(131)104-49-80(101)123)53-145-54-81(124)105-68(40-56-32-34-60(121)35-33-56)95(141)118-38-20-17-29-75(118)90(136)111-71(46-83(127)128)96(142)119-39-21-31-76(119)91(137)110-70(43-59-48-102-55-113(59)3)94(140)116(6)78(30-16-19-37-100)98(144)120-51-61(122)44-79(120)92(138)107-66(41-57-47-103-64-24-13-11-22-62(57)64)87(133)106-65(25-15-18-36-99)86(132)109-69(93(139)115(5)77(27-10-8-2)97(143)114(74)4)42-58-50-117(52-84(129)130)73-28-14-12-23-63(58)73/h11-14,22-24,28,32-35,47-48,50,55,61,65-72,74-79,85,103-104,121-122,131H,7-10,15-21,25-27,29-31,36-46,49,51-54,99-100H2,1-6H3,(H2,101,123)(H,105,124)(H,106,133)(H,107,138)(H,108,135)(H,109,132)(H,110,137)(H,111,136)(H,112,134)(H,125,126)(H,127,128)(H,129,130)/t61-,65+,66+,67+,68+,69+,70+,71+,72+,74+,75+,76+,77+,78+,79+,85?/m1/s1. The number of primary amides is 1. The number of phenolic OH excluding ortho intramolecular Hbond substituents is 1. The molecule has 4 fully saturated rings. The number of aliphatic hydroxyl groups is 2. The van der Waals surface area contributed by atoms with Gasteiger partial charge in [0.15, 0.2) is 0 Å². The molecule has 22 N–H and O–H groups in total. The molecule has 790 valence electrons. The number of aliphatic carboxylic acids is 3. The van der Waals surface area contributed by atoms with Crippen LogP contribution in [0.1, 0.15) is 165 Å². The second kappa shape index (κ2) is 54.3. The summed E-state index contributed by atoms with van der Waals surface area (Å²) < 4.78 is 3.00. The van der Waals surface area contributed by atoms with Gasteiger partial charge in [0.2, 0.25) is 88.6 Å². The topological polar surface area (TPSA) is 673 Å². The van der Waals surface area contributed by atoms with Crippen molar-refractivity contribution in [2.24, 2.45) is 24.2 Å². The van der Waals surface area contributed by atoms with Crippen molar-refractivity contribution in [3.8, 4) is 5.75 Å². The number of benzene rings is 3. The van der Waals surface area contributed by atoms with Crippen molar-refractivity contribution >= 4 is 140 Å². The summed E-state index contributed by atoms with van der Waals surface area (Å²) >= 11 is 0.744. The Morgan fingerprint density at radius 2 is 1.03 bits per heavy atom. The van der Waals surface area contributed by atoms with Gasteiger partial charge in [-0.1, -0.05) is 88.1 Å². The van der Waals surface area contributed by atoms with Crippen LogP contribution in [-0.2, 0) is 126 Å². The minimum absolute atomic E-state index is 0.0508. The third kappa shape index (κ3) is 31.0. The Hall–Kier alpha value is -13.6. The average molecular weight is 2040 g/mol. The fraction of sp³-hybridized carbons (Fsp3) is 0.561. The molecule has 7 heterocycles.